The second-order valence-corrected chi connectivity index (χ2v) is 0.236. The first-order valence-corrected chi connectivity index (χ1v) is 0.742. The summed E-state index contributed by atoms with van der Waals surface area (Å²) >= 11 is 0. The molecule has 0 N–H and O–H groups in total. The molecule has 0 unspecified atom stereocenters. The molecule has 0 aliphatic heterocycles. The average molecular weight is 379 g/mol. The van der Waals surface area contributed by atoms with Crippen LogP contribution in [0.1, 0.15) is 0 Å². The first-order valence-electron chi connectivity index (χ1n) is 0.742. The molecule has 0 amide bonds. The third-order valence-corrected chi connectivity index (χ3v) is 0. The van der Waals surface area contributed by atoms with Gasteiger partial charge in [0.25, 0.3) is 0 Å². The molecule has 0 aliphatic rings. The quantitative estimate of drug-likeness (QED) is 0.557. The standard InChI is InChI=1S/C3H4.CH3.V.W.Y/c1-3-2;;;;/h1,3H,2H2;1H3;;;/q-2;-1;;;. The summed E-state index contributed by atoms with van der Waals surface area (Å²) in [6, 6.07) is 0. The Balaban J connectivity index is -0.00000000333. The van der Waals surface area contributed by atoms with Crippen molar-refractivity contribution in [1.29, 1.82) is 0 Å². The second-order valence-electron chi connectivity index (χ2n) is 0.236. The van der Waals surface area contributed by atoms with Crippen molar-refractivity contribution in [2.24, 2.45) is 0 Å². The molecule has 0 saturated heterocycles. The minimum Gasteiger partial charge on any atom is -0.549 e. The summed E-state index contributed by atoms with van der Waals surface area (Å²) in [6.07, 6.45) is 1.25. The van der Waals surface area contributed by atoms with E-state index in [2.05, 4.69) is 13.5 Å². The molecule has 0 saturated carbocycles. The maximum atomic E-state index is 4.61. The molecule has 2 radical (unpaired) electrons. The van der Waals surface area contributed by atoms with E-state index >= 15 is 0 Å². The van der Waals surface area contributed by atoms with Crippen molar-refractivity contribution in [1.82, 2.24) is 0 Å². The van der Waals surface area contributed by atoms with Gasteiger partial charge in [-0.2, -0.15) is 0 Å². The number of hydrogen-bond acceptors (Lipinski definition) is 0. The molecule has 0 spiro atoms. The summed E-state index contributed by atoms with van der Waals surface area (Å²) in [5.74, 6) is 0. The van der Waals surface area contributed by atoms with Gasteiger partial charge in [0.15, 0.2) is 0 Å². The Morgan fingerprint density at radius 1 is 1.43 bits per heavy atom. The molecule has 0 fully saturated rings. The molecule has 0 aromatic carbocycles. The fraction of sp³-hybridized carbons (Fsp3) is 0. The first kappa shape index (κ1) is 36.1. The van der Waals surface area contributed by atoms with Gasteiger partial charge in [-0.1, -0.05) is 0 Å². The molecule has 0 heterocycles. The molecule has 0 atom stereocenters. The van der Waals surface area contributed by atoms with Crippen LogP contribution in [-0.2, 0) is 72.3 Å². The Kier molecular flexibility index (Phi) is 225. The van der Waals surface area contributed by atoms with Gasteiger partial charge in [-0.05, 0) is 0 Å². The van der Waals surface area contributed by atoms with Crippen LogP contribution in [0.15, 0.2) is 6.08 Å². The van der Waals surface area contributed by atoms with Crippen molar-refractivity contribution in [2.45, 2.75) is 0 Å². The number of rotatable bonds is 0. The van der Waals surface area contributed by atoms with Crippen molar-refractivity contribution in [2.75, 3.05) is 0 Å². The Morgan fingerprint density at radius 3 is 1.43 bits per heavy atom. The summed E-state index contributed by atoms with van der Waals surface area (Å²) in [6.45, 7) is 7.75. The van der Waals surface area contributed by atoms with Gasteiger partial charge in [0, 0.05) is 72.3 Å². The Hall–Kier alpha value is 1.99. The van der Waals surface area contributed by atoms with Crippen LogP contribution < -0.4 is 0 Å². The van der Waals surface area contributed by atoms with E-state index in [1.54, 1.807) is 0 Å². The van der Waals surface area contributed by atoms with Gasteiger partial charge in [-0.25, -0.2) is 0 Å². The summed E-state index contributed by atoms with van der Waals surface area (Å²) in [5.41, 5.74) is 0. The minimum absolute atomic E-state index is 0. The van der Waals surface area contributed by atoms with Gasteiger partial charge in [0.1, 0.15) is 0 Å². The van der Waals surface area contributed by atoms with Crippen LogP contribution >= 0.6 is 0 Å². The zero-order valence-electron chi connectivity index (χ0n) is 4.29. The van der Waals surface area contributed by atoms with Crippen LogP contribution in [0.5, 0.6) is 0 Å². The normalized spacial score (nSPS) is 1.71. The van der Waals surface area contributed by atoms with E-state index in [-0.39, 0.29) is 79.8 Å². The molecular weight excluding hydrogens is 372 g/mol. The van der Waals surface area contributed by atoms with E-state index in [9.17, 15) is 0 Å². The van der Waals surface area contributed by atoms with E-state index in [4.69, 9.17) is 0 Å². The minimum atomic E-state index is 0. The van der Waals surface area contributed by atoms with Crippen LogP contribution in [-0.4, -0.2) is 0 Å². The van der Waals surface area contributed by atoms with E-state index in [0.717, 1.165) is 0 Å². The molecule has 0 rings (SSSR count). The van der Waals surface area contributed by atoms with Crippen molar-refractivity contribution in [3.05, 3.63) is 27.0 Å². The summed E-state index contributed by atoms with van der Waals surface area (Å²) in [4.78, 5) is 0. The zero-order valence-corrected chi connectivity index (χ0v) is 11.5. The van der Waals surface area contributed by atoms with Crippen LogP contribution in [0.25, 0.3) is 0 Å². The fourth-order valence-electron chi connectivity index (χ4n) is 0. The smallest absolute Gasteiger partial charge is 0 e. The van der Waals surface area contributed by atoms with Gasteiger partial charge in [0.2, 0.25) is 0 Å². The molecular formula is C4H7VWY-3. The van der Waals surface area contributed by atoms with Crippen molar-refractivity contribution < 1.29 is 72.3 Å². The molecule has 0 aromatic rings. The molecule has 0 aliphatic carbocycles. The summed E-state index contributed by atoms with van der Waals surface area (Å²) in [5, 5.41) is 0. The predicted octanol–water partition coefficient (Wildman–Crippen LogP) is 1.25. The van der Waals surface area contributed by atoms with Crippen LogP contribution in [0.3, 0.4) is 0 Å². The molecule has 7 heavy (non-hydrogen) atoms. The van der Waals surface area contributed by atoms with Crippen LogP contribution in [0.4, 0.5) is 0 Å². The van der Waals surface area contributed by atoms with E-state index in [1.807, 2.05) is 0 Å². The van der Waals surface area contributed by atoms with Gasteiger partial charge in [-0.15, -0.1) is 0 Å². The molecule has 40 valence electrons. The number of allylic oxidation sites excluding steroid dienone is 1. The molecule has 0 aromatic heterocycles. The van der Waals surface area contributed by atoms with Crippen molar-refractivity contribution in [3.63, 3.8) is 0 Å². The van der Waals surface area contributed by atoms with E-state index < -0.39 is 0 Å². The maximum Gasteiger partial charge on any atom is 0 e. The van der Waals surface area contributed by atoms with Crippen LogP contribution in [0, 0.1) is 20.9 Å². The largest absolute Gasteiger partial charge is 0.549 e. The monoisotopic (exact) mass is 379 g/mol. The predicted molar refractivity (Wildman–Crippen MR) is 20.6 cm³/mol. The van der Waals surface area contributed by atoms with Gasteiger partial charge in [-0.3, -0.25) is 0 Å². The third-order valence-electron chi connectivity index (χ3n) is 0. The summed E-state index contributed by atoms with van der Waals surface area (Å²) < 4.78 is 0. The Labute approximate surface area is 97.9 Å². The first-order chi connectivity index (χ1) is 1.41. The molecule has 0 nitrogen and oxygen atoms in total. The van der Waals surface area contributed by atoms with E-state index in [1.165, 1.54) is 6.08 Å². The Morgan fingerprint density at radius 2 is 1.43 bits per heavy atom. The Bertz CT molecular complexity index is 19.2. The summed E-state index contributed by atoms with van der Waals surface area (Å²) in [7, 11) is 0. The molecule has 0 bridgehead atoms. The fourth-order valence-corrected chi connectivity index (χ4v) is 0. The van der Waals surface area contributed by atoms with E-state index in [0.29, 0.717) is 0 Å². The SMILES string of the molecule is [CH-]=C[CH2-].[CH3-].[V].[W].[Y]. The van der Waals surface area contributed by atoms with Gasteiger partial charge < -0.3 is 27.0 Å². The number of hydrogen-bond donors (Lipinski definition) is 0. The second kappa shape index (κ2) is 43.7. The van der Waals surface area contributed by atoms with Crippen molar-refractivity contribution >= 4 is 0 Å². The third kappa shape index (κ3) is 72.5. The van der Waals surface area contributed by atoms with Crippen molar-refractivity contribution in [3.8, 4) is 0 Å². The topological polar surface area (TPSA) is 0 Å². The zero-order chi connectivity index (χ0) is 2.71. The van der Waals surface area contributed by atoms with Gasteiger partial charge in [0.05, 0.1) is 0 Å². The maximum absolute atomic E-state index is 4.61. The van der Waals surface area contributed by atoms with Gasteiger partial charge >= 0.3 is 0 Å². The molecule has 3 heteroatoms. The average Bonchev–Trinajstić information content (AvgIpc) is 0.918. The van der Waals surface area contributed by atoms with Crippen LogP contribution in [0.2, 0.25) is 0 Å².